The molecule has 2 atom stereocenters. The van der Waals surface area contributed by atoms with E-state index >= 15 is 0 Å². The molecule has 2 unspecified atom stereocenters. The molecule has 2 aromatic carbocycles. The fourth-order valence-corrected chi connectivity index (χ4v) is 6.98. The Hall–Kier alpha value is -6.52. The van der Waals surface area contributed by atoms with Gasteiger partial charge in [-0.2, -0.15) is 0 Å². The van der Waals surface area contributed by atoms with Gasteiger partial charge in [-0.1, -0.05) is 114 Å². The molecule has 16 heteroatoms. The number of hydrogen-bond acceptors (Lipinski definition) is 16. The highest BCUT2D eigenvalue weighted by atomic mass is 16.8. The zero-order valence-corrected chi connectivity index (χ0v) is 38.9. The van der Waals surface area contributed by atoms with Crippen LogP contribution in [0.3, 0.4) is 0 Å². The number of unbranched alkanes of at least 4 members (excludes halogenated alkanes) is 14. The van der Waals surface area contributed by atoms with Gasteiger partial charge in [0, 0.05) is 23.3 Å². The minimum atomic E-state index is -1.29. The quantitative estimate of drug-likeness (QED) is 0.0194. The topological polar surface area (TPSA) is 194 Å². The van der Waals surface area contributed by atoms with E-state index in [0.717, 1.165) is 103 Å². The van der Waals surface area contributed by atoms with Crippen molar-refractivity contribution in [3.63, 3.8) is 0 Å². The Morgan fingerprint density at radius 2 is 0.779 bits per heavy atom. The van der Waals surface area contributed by atoms with Crippen molar-refractivity contribution in [3.8, 4) is 34.3 Å². The van der Waals surface area contributed by atoms with Crippen molar-refractivity contribution in [2.75, 3.05) is 39.6 Å². The van der Waals surface area contributed by atoms with Crippen LogP contribution in [0.2, 0.25) is 0 Å². The van der Waals surface area contributed by atoms with Crippen molar-refractivity contribution in [3.05, 3.63) is 110 Å². The van der Waals surface area contributed by atoms with Crippen LogP contribution in [0.25, 0.3) is 22.8 Å². The van der Waals surface area contributed by atoms with Crippen molar-refractivity contribution < 1.29 is 57.1 Å². The van der Waals surface area contributed by atoms with Crippen LogP contribution in [-0.4, -0.2) is 96.0 Å². The molecule has 1 aliphatic heterocycles. The molecule has 3 heterocycles. The van der Waals surface area contributed by atoms with Crippen molar-refractivity contribution >= 4 is 23.9 Å². The van der Waals surface area contributed by atoms with Crippen LogP contribution in [-0.2, 0) is 38.0 Å². The van der Waals surface area contributed by atoms with E-state index in [1.54, 1.807) is 73.3 Å². The van der Waals surface area contributed by atoms with Gasteiger partial charge >= 0.3 is 23.9 Å². The molecule has 1 aliphatic rings. The first-order valence-corrected chi connectivity index (χ1v) is 23.7. The van der Waals surface area contributed by atoms with Gasteiger partial charge in [-0.05, 0) is 49.9 Å². The summed E-state index contributed by atoms with van der Waals surface area (Å²) in [5.41, 5.74) is 1.88. The van der Waals surface area contributed by atoms with Crippen LogP contribution < -0.4 is 9.47 Å². The minimum Gasteiger partial charge on any atom is -0.490 e. The molecule has 16 nitrogen and oxygen atoms in total. The lowest BCUT2D eigenvalue weighted by atomic mass is 10.1. The molecule has 0 amide bonds. The summed E-state index contributed by atoms with van der Waals surface area (Å²) in [6.45, 7) is 9.11. The SMILES string of the molecule is C=CC(=O)OCCCCCCCCCCOc1cnc(-c2ccc(C(=O)OC3OCCOC3OC(=O)c3ccc(-c4ncc(OCCCCCCCCCCOC(=O)C=C)cn4)cc3)cc2)nc1. The molecule has 1 fully saturated rings. The van der Waals surface area contributed by atoms with Crippen LogP contribution in [0.1, 0.15) is 123 Å². The lowest BCUT2D eigenvalue weighted by Gasteiger charge is -2.30. The summed E-state index contributed by atoms with van der Waals surface area (Å²) in [7, 11) is 0. The molecule has 1 saturated heterocycles. The highest BCUT2D eigenvalue weighted by Crippen LogP contribution is 2.23. The number of benzene rings is 2. The standard InChI is InChI=1S/C52H64N4O12/c1-3-45(57)63-31-19-15-11-7-5-9-13-17-29-61-43-35-53-47(54-36-43)39-21-25-41(26-22-39)49(59)67-51-52(66-34-33-65-51)68-50(60)42-27-23-40(24-28-42)48-55-37-44(38-56-48)62-30-18-14-10-6-8-12-16-20-32-64-46(58)4-2/h3-4,21-28,35-38,51-52H,1-2,5-20,29-34H2. The van der Waals surface area contributed by atoms with Crippen molar-refractivity contribution in [2.45, 2.75) is 115 Å². The maximum atomic E-state index is 13.1. The van der Waals surface area contributed by atoms with E-state index in [1.807, 2.05) is 0 Å². The summed E-state index contributed by atoms with van der Waals surface area (Å²) in [5.74, 6) is -0.0185. The Balaban J connectivity index is 0.955. The van der Waals surface area contributed by atoms with Gasteiger partial charge in [-0.25, -0.2) is 39.1 Å². The molecule has 0 N–H and O–H groups in total. The molecule has 5 rings (SSSR count). The Kier molecular flexibility index (Phi) is 23.7. The number of carbonyl (C=O) groups is 4. The van der Waals surface area contributed by atoms with Gasteiger partial charge in [0.05, 0.1) is 75.6 Å². The van der Waals surface area contributed by atoms with Gasteiger partial charge in [-0.15, -0.1) is 0 Å². The maximum Gasteiger partial charge on any atom is 0.340 e. The highest BCUT2D eigenvalue weighted by Gasteiger charge is 2.34. The van der Waals surface area contributed by atoms with Gasteiger partial charge < -0.3 is 37.9 Å². The molecule has 0 radical (unpaired) electrons. The summed E-state index contributed by atoms with van der Waals surface area (Å²) < 4.78 is 44.1. The molecule has 0 bridgehead atoms. The first-order valence-electron chi connectivity index (χ1n) is 23.7. The summed E-state index contributed by atoms with van der Waals surface area (Å²) in [6, 6.07) is 13.2. The van der Waals surface area contributed by atoms with E-state index < -0.39 is 24.5 Å². The molecule has 2 aromatic heterocycles. The Morgan fingerprint density at radius 3 is 1.10 bits per heavy atom. The van der Waals surface area contributed by atoms with E-state index in [9.17, 15) is 19.2 Å². The normalized spacial score (nSPS) is 14.3. The molecule has 0 aliphatic carbocycles. The van der Waals surface area contributed by atoms with E-state index in [4.69, 9.17) is 37.9 Å². The van der Waals surface area contributed by atoms with Gasteiger partial charge in [0.1, 0.15) is 0 Å². The zero-order valence-electron chi connectivity index (χ0n) is 38.9. The summed E-state index contributed by atoms with van der Waals surface area (Å²) >= 11 is 0. The second kappa shape index (κ2) is 30.7. The Bertz CT molecular complexity index is 1980. The molecule has 364 valence electrons. The van der Waals surface area contributed by atoms with Crippen molar-refractivity contribution in [1.82, 2.24) is 19.9 Å². The van der Waals surface area contributed by atoms with Gasteiger partial charge in [0.2, 0.25) is 0 Å². The molecule has 68 heavy (non-hydrogen) atoms. The van der Waals surface area contributed by atoms with Crippen LogP contribution in [0, 0.1) is 0 Å². The zero-order chi connectivity index (χ0) is 48.0. The number of ether oxygens (including phenoxy) is 8. The molecule has 0 spiro atoms. The average Bonchev–Trinajstić information content (AvgIpc) is 3.37. The van der Waals surface area contributed by atoms with E-state index in [-0.39, 0.29) is 36.3 Å². The second-order valence-electron chi connectivity index (χ2n) is 16.0. The summed E-state index contributed by atoms with van der Waals surface area (Å²) in [4.78, 5) is 66.1. The van der Waals surface area contributed by atoms with Crippen molar-refractivity contribution in [1.29, 1.82) is 0 Å². The molecule has 4 aromatic rings. The predicted octanol–water partition coefficient (Wildman–Crippen LogP) is 9.77. The number of carbonyl (C=O) groups excluding carboxylic acids is 4. The van der Waals surface area contributed by atoms with Crippen LogP contribution in [0.5, 0.6) is 11.5 Å². The smallest absolute Gasteiger partial charge is 0.340 e. The lowest BCUT2D eigenvalue weighted by molar-refractivity contribution is -0.288. The van der Waals surface area contributed by atoms with E-state index in [0.29, 0.717) is 60.7 Å². The molecule has 0 saturated carbocycles. The second-order valence-corrected chi connectivity index (χ2v) is 16.0. The Labute approximate surface area is 398 Å². The average molecular weight is 937 g/mol. The molecular formula is C52H64N4O12. The van der Waals surface area contributed by atoms with Gasteiger partial charge in [0.15, 0.2) is 23.1 Å². The molecular weight excluding hydrogens is 873 g/mol. The third kappa shape index (κ3) is 19.4. The number of aromatic nitrogens is 4. The van der Waals surface area contributed by atoms with E-state index in [1.165, 1.54) is 12.2 Å². The fourth-order valence-electron chi connectivity index (χ4n) is 6.98. The maximum absolute atomic E-state index is 13.1. The third-order valence-electron chi connectivity index (χ3n) is 10.8. The lowest BCUT2D eigenvalue weighted by Crippen LogP contribution is -2.44. The first kappa shape index (κ1) is 52.4. The number of hydrogen-bond donors (Lipinski definition) is 0. The van der Waals surface area contributed by atoms with Crippen LogP contribution in [0.4, 0.5) is 0 Å². The summed E-state index contributed by atoms with van der Waals surface area (Å²) in [5, 5.41) is 0. The number of nitrogens with zero attached hydrogens (tertiary/aromatic N) is 4. The van der Waals surface area contributed by atoms with Crippen molar-refractivity contribution in [2.24, 2.45) is 0 Å². The van der Waals surface area contributed by atoms with Crippen LogP contribution in [0.15, 0.2) is 98.6 Å². The number of rotatable bonds is 32. The Morgan fingerprint density at radius 1 is 0.471 bits per heavy atom. The predicted molar refractivity (Wildman–Crippen MR) is 252 cm³/mol. The highest BCUT2D eigenvalue weighted by molar-refractivity contribution is 5.91. The van der Waals surface area contributed by atoms with E-state index in [2.05, 4.69) is 33.1 Å². The first-order chi connectivity index (χ1) is 33.3. The van der Waals surface area contributed by atoms with Crippen LogP contribution >= 0.6 is 0 Å². The number of esters is 4. The fraction of sp³-hybridized carbons (Fsp3) is 0.462. The monoisotopic (exact) mass is 936 g/mol. The largest absolute Gasteiger partial charge is 0.490 e. The van der Waals surface area contributed by atoms with Gasteiger partial charge in [0.25, 0.3) is 12.6 Å². The summed E-state index contributed by atoms with van der Waals surface area (Å²) in [6.07, 6.45) is 23.3. The van der Waals surface area contributed by atoms with Gasteiger partial charge in [-0.3, -0.25) is 0 Å². The third-order valence-corrected chi connectivity index (χ3v) is 10.8. The minimum absolute atomic E-state index is 0.141.